The van der Waals surface area contributed by atoms with Gasteiger partial charge in [0.25, 0.3) is 3.92 Å². The van der Waals surface area contributed by atoms with E-state index in [9.17, 15) is 0 Å². The molecule has 1 atom stereocenters. The van der Waals surface area contributed by atoms with Crippen LogP contribution in [-0.4, -0.2) is 19.3 Å². The molecule has 24 heavy (non-hydrogen) atoms. The SMILES string of the molecule is ClC(Cl)(Cl)N1CCC(c2cccc3ccccc23)(C(Cl)(Cl)Cl)N=N1. The van der Waals surface area contributed by atoms with Gasteiger partial charge >= 0.3 is 0 Å². The molecule has 3 nitrogen and oxygen atoms in total. The smallest absolute Gasteiger partial charge is 0.230 e. The number of hydrogen-bond acceptors (Lipinski definition) is 3. The number of fused-ring (bicyclic) bond motifs is 1. The van der Waals surface area contributed by atoms with Gasteiger partial charge in [-0.2, -0.15) is 5.11 Å². The van der Waals surface area contributed by atoms with E-state index in [-0.39, 0.29) is 6.54 Å². The molecule has 2 aromatic rings. The van der Waals surface area contributed by atoms with E-state index in [2.05, 4.69) is 10.3 Å². The molecule has 128 valence electrons. The van der Waals surface area contributed by atoms with Crippen LogP contribution in [0.2, 0.25) is 0 Å². The van der Waals surface area contributed by atoms with E-state index >= 15 is 0 Å². The van der Waals surface area contributed by atoms with Gasteiger partial charge in [0.05, 0.1) is 0 Å². The first-order valence-corrected chi connectivity index (χ1v) is 9.24. The first kappa shape index (κ1) is 18.6. The van der Waals surface area contributed by atoms with E-state index < -0.39 is 13.2 Å². The van der Waals surface area contributed by atoms with Crippen molar-refractivity contribution in [1.82, 2.24) is 5.01 Å². The molecule has 1 aliphatic heterocycles. The Hall–Kier alpha value is -0.160. The van der Waals surface area contributed by atoms with Gasteiger partial charge in [-0.1, -0.05) is 117 Å². The minimum atomic E-state index is -1.72. The summed E-state index contributed by atoms with van der Waals surface area (Å²) >= 11 is 36.6. The predicted molar refractivity (Wildman–Crippen MR) is 102 cm³/mol. The fraction of sp³-hybridized carbons (Fsp3) is 0.333. The third-order valence-corrected chi connectivity index (χ3v) is 5.53. The summed E-state index contributed by atoms with van der Waals surface area (Å²) in [5.41, 5.74) is -0.404. The first-order chi connectivity index (χ1) is 11.2. The molecule has 2 aromatic carbocycles. The second-order valence-electron chi connectivity index (χ2n) is 5.42. The van der Waals surface area contributed by atoms with Crippen molar-refractivity contribution in [2.75, 3.05) is 6.54 Å². The van der Waals surface area contributed by atoms with Crippen LogP contribution in [0.15, 0.2) is 52.8 Å². The largest absolute Gasteiger partial charge is 0.284 e. The molecule has 0 fully saturated rings. The lowest BCUT2D eigenvalue weighted by Crippen LogP contribution is -2.46. The summed E-state index contributed by atoms with van der Waals surface area (Å²) in [5, 5.41) is 11.5. The monoisotopic (exact) mass is 443 g/mol. The molecule has 0 aromatic heterocycles. The van der Waals surface area contributed by atoms with Crippen molar-refractivity contribution in [3.05, 3.63) is 48.0 Å². The minimum Gasteiger partial charge on any atom is -0.230 e. The van der Waals surface area contributed by atoms with Crippen molar-refractivity contribution >= 4 is 80.4 Å². The molecular weight excluding hydrogens is 435 g/mol. The van der Waals surface area contributed by atoms with Gasteiger partial charge in [0.2, 0.25) is 3.79 Å². The number of hydrogen-bond donors (Lipinski definition) is 0. The van der Waals surface area contributed by atoms with Crippen LogP contribution in [0.25, 0.3) is 10.8 Å². The van der Waals surface area contributed by atoms with Gasteiger partial charge in [0.15, 0.2) is 5.54 Å². The molecule has 0 spiro atoms. The minimum absolute atomic E-state index is 0.275. The summed E-state index contributed by atoms with van der Waals surface area (Å²) in [4.78, 5) is 0. The highest BCUT2D eigenvalue weighted by Gasteiger charge is 2.54. The maximum atomic E-state index is 6.33. The molecule has 0 aliphatic carbocycles. The summed E-state index contributed by atoms with van der Waals surface area (Å²) < 4.78 is -3.43. The van der Waals surface area contributed by atoms with Gasteiger partial charge in [-0.25, -0.2) is 5.01 Å². The lowest BCUT2D eigenvalue weighted by atomic mass is 9.85. The topological polar surface area (TPSA) is 28.0 Å². The molecule has 0 N–H and O–H groups in total. The first-order valence-electron chi connectivity index (χ1n) is 6.97. The molecule has 0 saturated carbocycles. The third kappa shape index (κ3) is 3.27. The standard InChI is InChI=1S/C15H11Cl6N3/c16-14(17,18)13(8-9-24(23-22-13)15(19,20)21)12-7-3-5-10-4-1-2-6-11(10)12/h1-7H,8-9H2. The normalized spacial score (nSPS) is 22.2. The van der Waals surface area contributed by atoms with Crippen LogP contribution in [0.1, 0.15) is 12.0 Å². The number of rotatable bonds is 1. The van der Waals surface area contributed by atoms with E-state index in [1.165, 1.54) is 5.01 Å². The second kappa shape index (κ2) is 6.53. The second-order valence-corrected chi connectivity index (χ2v) is 9.92. The van der Waals surface area contributed by atoms with Gasteiger partial charge in [0, 0.05) is 13.0 Å². The van der Waals surface area contributed by atoms with Gasteiger partial charge < -0.3 is 0 Å². The lowest BCUT2D eigenvalue weighted by molar-refractivity contribution is 0.172. The summed E-state index contributed by atoms with van der Waals surface area (Å²) in [6.07, 6.45) is 0.328. The Morgan fingerprint density at radius 1 is 0.917 bits per heavy atom. The number of alkyl halides is 6. The molecule has 9 heteroatoms. The van der Waals surface area contributed by atoms with Crippen molar-refractivity contribution in [2.45, 2.75) is 19.7 Å². The highest BCUT2D eigenvalue weighted by Crippen LogP contribution is 2.54. The highest BCUT2D eigenvalue weighted by atomic mass is 35.6. The van der Waals surface area contributed by atoms with Gasteiger partial charge in [-0.3, -0.25) is 0 Å². The van der Waals surface area contributed by atoms with Crippen LogP contribution < -0.4 is 0 Å². The zero-order valence-corrected chi connectivity index (χ0v) is 16.6. The fourth-order valence-electron chi connectivity index (χ4n) is 2.80. The molecule has 0 amide bonds. The molecule has 0 bridgehead atoms. The molecule has 1 aliphatic rings. The van der Waals surface area contributed by atoms with E-state index in [0.29, 0.717) is 6.42 Å². The summed E-state index contributed by atoms with van der Waals surface area (Å²) in [6.45, 7) is 0.275. The Morgan fingerprint density at radius 2 is 1.58 bits per heavy atom. The lowest BCUT2D eigenvalue weighted by Gasteiger charge is -2.41. The Labute approximate surface area is 169 Å². The quantitative estimate of drug-likeness (QED) is 0.350. The van der Waals surface area contributed by atoms with Crippen LogP contribution in [0.5, 0.6) is 0 Å². The van der Waals surface area contributed by atoms with Crippen molar-refractivity contribution in [1.29, 1.82) is 0 Å². The molecule has 3 rings (SSSR count). The Bertz CT molecular complexity index is 777. The van der Waals surface area contributed by atoms with E-state index in [0.717, 1.165) is 16.3 Å². The summed E-state index contributed by atoms with van der Waals surface area (Å²) in [7, 11) is 0. The molecular formula is C15H11Cl6N3. The van der Waals surface area contributed by atoms with Gasteiger partial charge in [-0.05, 0) is 16.3 Å². The molecule has 1 heterocycles. The van der Waals surface area contributed by atoms with E-state index in [4.69, 9.17) is 69.6 Å². The van der Waals surface area contributed by atoms with E-state index in [1.54, 1.807) is 0 Å². The van der Waals surface area contributed by atoms with Gasteiger partial charge in [-0.15, -0.1) is 0 Å². The Balaban J connectivity index is 2.19. The van der Waals surface area contributed by atoms with Crippen LogP contribution in [-0.2, 0) is 5.54 Å². The van der Waals surface area contributed by atoms with Crippen LogP contribution in [0.3, 0.4) is 0 Å². The van der Waals surface area contributed by atoms with E-state index in [1.807, 2.05) is 42.5 Å². The van der Waals surface area contributed by atoms with Crippen molar-refractivity contribution < 1.29 is 0 Å². The van der Waals surface area contributed by atoms with Crippen molar-refractivity contribution in [3.8, 4) is 0 Å². The number of nitrogens with zero attached hydrogens (tertiary/aromatic N) is 3. The average molecular weight is 446 g/mol. The van der Waals surface area contributed by atoms with Gasteiger partial charge in [0.1, 0.15) is 0 Å². The van der Waals surface area contributed by atoms with Crippen molar-refractivity contribution in [2.24, 2.45) is 10.3 Å². The fourth-order valence-corrected chi connectivity index (χ4v) is 3.85. The van der Waals surface area contributed by atoms with Crippen LogP contribution in [0, 0.1) is 0 Å². The van der Waals surface area contributed by atoms with Crippen LogP contribution in [0.4, 0.5) is 0 Å². The zero-order chi connectivity index (χ0) is 17.6. The highest BCUT2D eigenvalue weighted by molar-refractivity contribution is 6.68. The average Bonchev–Trinajstić information content (AvgIpc) is 2.52. The molecule has 1 unspecified atom stereocenters. The maximum Gasteiger partial charge on any atom is 0.284 e. The maximum absolute atomic E-state index is 6.33. The Kier molecular flexibility index (Phi) is 5.07. The third-order valence-electron chi connectivity index (χ3n) is 4.01. The predicted octanol–water partition coefficient (Wildman–Crippen LogP) is 6.81. The summed E-state index contributed by atoms with van der Waals surface area (Å²) in [5.74, 6) is 0. The van der Waals surface area contributed by atoms with Crippen LogP contribution >= 0.6 is 69.6 Å². The molecule has 0 saturated heterocycles. The molecule has 0 radical (unpaired) electrons. The zero-order valence-electron chi connectivity index (χ0n) is 12.1. The number of benzene rings is 2. The van der Waals surface area contributed by atoms with Crippen molar-refractivity contribution in [3.63, 3.8) is 0 Å². The Morgan fingerprint density at radius 3 is 2.17 bits per heavy atom. The number of halogens is 6. The summed E-state index contributed by atoms with van der Waals surface area (Å²) in [6, 6.07) is 13.6.